The number of hydrogen-bond acceptors (Lipinski definition) is 3. The summed E-state index contributed by atoms with van der Waals surface area (Å²) in [6.45, 7) is 0. The topological polar surface area (TPSA) is 79.0 Å². The molecule has 0 unspecified atom stereocenters. The van der Waals surface area contributed by atoms with Crippen LogP contribution in [0.5, 0.6) is 0 Å². The highest BCUT2D eigenvalue weighted by Crippen LogP contribution is 2.19. The standard InChI is InChI=1S/C14H16N2O3S/c17-14(16-10-5-7-20(18,19)8-6-10)12-9-15-13-4-2-1-3-11(12)13/h1-4,9-10,15H,5-8H2,(H,16,17). The number of sulfone groups is 1. The summed E-state index contributed by atoms with van der Waals surface area (Å²) in [5.74, 6) is 0.171. The van der Waals surface area contributed by atoms with Gasteiger partial charge in [0.2, 0.25) is 0 Å². The van der Waals surface area contributed by atoms with Gasteiger partial charge in [0.1, 0.15) is 9.84 Å². The molecule has 0 saturated carbocycles. The summed E-state index contributed by atoms with van der Waals surface area (Å²) in [6, 6.07) is 7.55. The van der Waals surface area contributed by atoms with Gasteiger partial charge in [-0.15, -0.1) is 0 Å². The van der Waals surface area contributed by atoms with Gasteiger partial charge < -0.3 is 10.3 Å². The first-order chi connectivity index (χ1) is 9.55. The third-order valence-electron chi connectivity index (χ3n) is 3.72. The molecule has 1 aromatic carbocycles. The van der Waals surface area contributed by atoms with Crippen molar-refractivity contribution in [2.24, 2.45) is 0 Å². The van der Waals surface area contributed by atoms with Crippen LogP contribution >= 0.6 is 0 Å². The molecule has 2 aromatic rings. The van der Waals surface area contributed by atoms with E-state index in [2.05, 4.69) is 10.3 Å². The predicted octanol–water partition coefficient (Wildman–Crippen LogP) is 1.47. The molecule has 2 heterocycles. The first-order valence-electron chi connectivity index (χ1n) is 6.62. The Bertz CT molecular complexity index is 735. The molecule has 1 fully saturated rings. The molecule has 1 amide bonds. The Morgan fingerprint density at radius 3 is 2.65 bits per heavy atom. The number of aromatic amines is 1. The highest BCUT2D eigenvalue weighted by atomic mass is 32.2. The minimum atomic E-state index is -2.90. The van der Waals surface area contributed by atoms with Crippen molar-refractivity contribution in [3.05, 3.63) is 36.0 Å². The average Bonchev–Trinajstić information content (AvgIpc) is 2.85. The number of benzene rings is 1. The zero-order chi connectivity index (χ0) is 14.2. The number of fused-ring (bicyclic) bond motifs is 1. The average molecular weight is 292 g/mol. The third kappa shape index (κ3) is 2.56. The van der Waals surface area contributed by atoms with E-state index in [0.717, 1.165) is 10.9 Å². The minimum absolute atomic E-state index is 0.0558. The van der Waals surface area contributed by atoms with E-state index in [-0.39, 0.29) is 23.5 Å². The van der Waals surface area contributed by atoms with Crippen LogP contribution in [0.3, 0.4) is 0 Å². The van der Waals surface area contributed by atoms with Gasteiger partial charge in [0.25, 0.3) is 5.91 Å². The van der Waals surface area contributed by atoms with E-state index in [1.165, 1.54) is 0 Å². The number of hydrogen-bond donors (Lipinski definition) is 2. The molecule has 6 heteroatoms. The fourth-order valence-corrected chi connectivity index (χ4v) is 4.05. The molecule has 106 valence electrons. The first-order valence-corrected chi connectivity index (χ1v) is 8.45. The summed E-state index contributed by atoms with van der Waals surface area (Å²) in [7, 11) is -2.90. The summed E-state index contributed by atoms with van der Waals surface area (Å²) < 4.78 is 22.7. The van der Waals surface area contributed by atoms with E-state index in [0.29, 0.717) is 18.4 Å². The molecule has 1 aromatic heterocycles. The van der Waals surface area contributed by atoms with Crippen LogP contribution in [0.1, 0.15) is 23.2 Å². The van der Waals surface area contributed by atoms with E-state index in [9.17, 15) is 13.2 Å². The molecule has 3 rings (SSSR count). The number of amides is 1. The van der Waals surface area contributed by atoms with Gasteiger partial charge in [0, 0.05) is 23.1 Å². The maximum atomic E-state index is 12.3. The van der Waals surface area contributed by atoms with Gasteiger partial charge in [0.15, 0.2) is 0 Å². The smallest absolute Gasteiger partial charge is 0.253 e. The zero-order valence-electron chi connectivity index (χ0n) is 10.9. The highest BCUT2D eigenvalue weighted by molar-refractivity contribution is 7.91. The van der Waals surface area contributed by atoms with Crippen LogP contribution in [0.15, 0.2) is 30.5 Å². The summed E-state index contributed by atoms with van der Waals surface area (Å²) in [4.78, 5) is 15.3. The molecule has 5 nitrogen and oxygen atoms in total. The normalized spacial score (nSPS) is 19.0. The van der Waals surface area contributed by atoms with E-state index in [1.807, 2.05) is 24.3 Å². The molecule has 0 atom stereocenters. The van der Waals surface area contributed by atoms with Crippen LogP contribution in [0.25, 0.3) is 10.9 Å². The molecule has 20 heavy (non-hydrogen) atoms. The van der Waals surface area contributed by atoms with Crippen LogP contribution in [0.2, 0.25) is 0 Å². The van der Waals surface area contributed by atoms with Crippen molar-refractivity contribution in [3.8, 4) is 0 Å². The number of para-hydroxylation sites is 1. The molecule has 0 bridgehead atoms. The van der Waals surface area contributed by atoms with Gasteiger partial charge in [0.05, 0.1) is 17.1 Å². The van der Waals surface area contributed by atoms with Crippen molar-refractivity contribution in [1.82, 2.24) is 10.3 Å². The van der Waals surface area contributed by atoms with Crippen LogP contribution in [-0.2, 0) is 9.84 Å². The Morgan fingerprint density at radius 2 is 1.90 bits per heavy atom. The van der Waals surface area contributed by atoms with Crippen molar-refractivity contribution in [3.63, 3.8) is 0 Å². The lowest BCUT2D eigenvalue weighted by molar-refractivity contribution is 0.0936. The summed E-state index contributed by atoms with van der Waals surface area (Å²) in [5.41, 5.74) is 1.53. The van der Waals surface area contributed by atoms with Gasteiger partial charge in [-0.1, -0.05) is 18.2 Å². The van der Waals surface area contributed by atoms with Gasteiger partial charge in [-0.2, -0.15) is 0 Å². The maximum Gasteiger partial charge on any atom is 0.253 e. The lowest BCUT2D eigenvalue weighted by Crippen LogP contribution is -2.40. The Morgan fingerprint density at radius 1 is 1.20 bits per heavy atom. The molecule has 0 spiro atoms. The molecule has 2 N–H and O–H groups in total. The molecular formula is C14H16N2O3S. The SMILES string of the molecule is O=C(NC1CCS(=O)(=O)CC1)c1c[nH]c2ccccc12. The molecular weight excluding hydrogens is 276 g/mol. The van der Waals surface area contributed by atoms with Crippen LogP contribution in [0.4, 0.5) is 0 Å². The monoisotopic (exact) mass is 292 g/mol. The van der Waals surface area contributed by atoms with Crippen molar-refractivity contribution in [2.75, 3.05) is 11.5 Å². The van der Waals surface area contributed by atoms with E-state index in [1.54, 1.807) is 6.20 Å². The third-order valence-corrected chi connectivity index (χ3v) is 5.44. The van der Waals surface area contributed by atoms with E-state index >= 15 is 0 Å². The van der Waals surface area contributed by atoms with Gasteiger partial charge >= 0.3 is 0 Å². The van der Waals surface area contributed by atoms with Crippen LogP contribution < -0.4 is 5.32 Å². The van der Waals surface area contributed by atoms with Crippen LogP contribution in [0, 0.1) is 0 Å². The Hall–Kier alpha value is -1.82. The minimum Gasteiger partial charge on any atom is -0.360 e. The van der Waals surface area contributed by atoms with Crippen molar-refractivity contribution >= 4 is 26.6 Å². The van der Waals surface area contributed by atoms with Gasteiger partial charge in [-0.3, -0.25) is 4.79 Å². The summed E-state index contributed by atoms with van der Waals surface area (Å²) in [6.07, 6.45) is 2.69. The number of carbonyl (C=O) groups excluding carboxylic acids is 1. The molecule has 0 aliphatic carbocycles. The second kappa shape index (κ2) is 4.94. The van der Waals surface area contributed by atoms with Crippen molar-refractivity contribution in [2.45, 2.75) is 18.9 Å². The number of carbonyl (C=O) groups is 1. The Balaban J connectivity index is 1.74. The molecule has 0 radical (unpaired) electrons. The number of rotatable bonds is 2. The number of H-pyrrole nitrogens is 1. The van der Waals surface area contributed by atoms with Gasteiger partial charge in [-0.05, 0) is 18.9 Å². The quantitative estimate of drug-likeness (QED) is 0.880. The van der Waals surface area contributed by atoms with Gasteiger partial charge in [-0.25, -0.2) is 8.42 Å². The predicted molar refractivity (Wildman–Crippen MR) is 77.4 cm³/mol. The molecule has 1 aliphatic rings. The Labute approximate surface area is 117 Å². The maximum absolute atomic E-state index is 12.3. The lowest BCUT2D eigenvalue weighted by Gasteiger charge is -2.22. The lowest BCUT2D eigenvalue weighted by atomic mass is 10.1. The largest absolute Gasteiger partial charge is 0.360 e. The highest BCUT2D eigenvalue weighted by Gasteiger charge is 2.25. The Kier molecular flexibility index (Phi) is 3.25. The fraction of sp³-hybridized carbons (Fsp3) is 0.357. The summed E-state index contributed by atoms with van der Waals surface area (Å²) in [5, 5.41) is 3.81. The second-order valence-corrected chi connectivity index (χ2v) is 7.45. The van der Waals surface area contributed by atoms with Crippen molar-refractivity contribution < 1.29 is 13.2 Å². The summed E-state index contributed by atoms with van der Waals surface area (Å²) >= 11 is 0. The van der Waals surface area contributed by atoms with E-state index in [4.69, 9.17) is 0 Å². The van der Waals surface area contributed by atoms with Crippen molar-refractivity contribution in [1.29, 1.82) is 0 Å². The molecule has 1 saturated heterocycles. The van der Waals surface area contributed by atoms with E-state index < -0.39 is 9.84 Å². The number of aromatic nitrogens is 1. The second-order valence-electron chi connectivity index (χ2n) is 5.15. The zero-order valence-corrected chi connectivity index (χ0v) is 11.7. The molecule has 1 aliphatic heterocycles. The number of nitrogens with one attached hydrogen (secondary N) is 2. The van der Waals surface area contributed by atoms with Crippen LogP contribution in [-0.4, -0.2) is 36.9 Å². The first kappa shape index (κ1) is 13.2. The fourth-order valence-electron chi connectivity index (χ4n) is 2.56.